The maximum Gasteiger partial charge on any atom is 0.358 e. The number of pyridine rings is 2. The van der Waals surface area contributed by atoms with Crippen molar-refractivity contribution in [3.63, 3.8) is 0 Å². The summed E-state index contributed by atoms with van der Waals surface area (Å²) in [7, 11) is 1.93. The number of esters is 2. The molecule has 2 aliphatic carbocycles. The van der Waals surface area contributed by atoms with Crippen LogP contribution >= 0.6 is 22.7 Å². The minimum Gasteiger partial charge on any atom is -0.490 e. The van der Waals surface area contributed by atoms with E-state index in [9.17, 15) is 33.6 Å². The number of benzene rings is 7. The quantitative estimate of drug-likeness (QED) is 0.0207. The number of fused-ring (bicyclic) bond motifs is 5. The first-order chi connectivity index (χ1) is 63.7. The average Bonchev–Trinajstić information content (AvgIpc) is 1.61. The topological polar surface area (TPSA) is 275 Å². The highest BCUT2D eigenvalue weighted by Crippen LogP contribution is 2.43. The smallest absolute Gasteiger partial charge is 0.358 e. The predicted octanol–water partition coefficient (Wildman–Crippen LogP) is 20.8. The van der Waals surface area contributed by atoms with Crippen LogP contribution in [-0.2, 0) is 56.8 Å². The van der Waals surface area contributed by atoms with E-state index in [0.717, 1.165) is 209 Å². The summed E-state index contributed by atoms with van der Waals surface area (Å²) in [5, 5.41) is 15.4. The van der Waals surface area contributed by atoms with Crippen molar-refractivity contribution < 1.29 is 52.5 Å². The van der Waals surface area contributed by atoms with Gasteiger partial charge in [0.05, 0.1) is 49.8 Å². The van der Waals surface area contributed by atoms with Gasteiger partial charge in [-0.2, -0.15) is 5.10 Å². The van der Waals surface area contributed by atoms with E-state index in [4.69, 9.17) is 34.0 Å². The van der Waals surface area contributed by atoms with Gasteiger partial charge in [-0.05, 0) is 299 Å². The number of aryl methyl sites for hydroxylation is 2. The first-order valence-corrected chi connectivity index (χ1v) is 48.6. The molecule has 4 fully saturated rings. The van der Waals surface area contributed by atoms with E-state index < -0.39 is 29.1 Å². The lowest BCUT2D eigenvalue weighted by atomic mass is 9.84. The Morgan fingerprint density at radius 1 is 0.515 bits per heavy atom. The van der Waals surface area contributed by atoms with Gasteiger partial charge in [0, 0.05) is 106 Å². The fourth-order valence-corrected chi connectivity index (χ4v) is 21.5. The normalized spacial score (nSPS) is 18.4. The maximum atomic E-state index is 14.1. The standard InChI is InChI=1S/C62H71N9O6S.C44H48N4O5S/c1-38-35-47-51(68(6)67-56(47)46-25-27-55(72)65-59(46)74)36-50(38)70-33-31-69(32-34-70)29-10-9-13-40-20-22-42(23-21-40)76-52-18-12-15-43(39(52)2)44-24-26-54(64-57(44)60(75)77-62(3,4)5)71-30-28-41-14-11-16-45(48(41)37-71)58(73)66-61-63-49-17-7-8-19-53(49)78-61;1-28-32(13-10-16-37(28)52-31-20-18-29(19-21-31)11-7-8-26-49)33-22-23-39(46-40(33)42(51)53-44(2,3)4)48-25-24-30-12-9-14-34(35(30)27-48)41(50)47-43-45-36-15-5-6-17-38(36)54-43/h7-8,11-12,14-19,24,26,35-36,40,42,46H,9-10,13,20-23,25,27-34,37H2,1-6H3,(H,63,66,73)(H,65,72,74);5-6,9-10,12-17,22-23,26,29,31H,7-8,11,18-21,24-25,27H2,1-4H3,(H,45,47,50). The number of thiazole rings is 2. The Balaban J connectivity index is 0.000000197. The number of ether oxygens (including phenoxy) is 4. The molecule has 686 valence electrons. The molecule has 6 aliphatic rings. The number of piperazine rings is 1. The summed E-state index contributed by atoms with van der Waals surface area (Å²) in [6, 6.07) is 51.7. The average molecular weight is 1820 g/mol. The summed E-state index contributed by atoms with van der Waals surface area (Å²) >= 11 is 2.91. The molecule has 9 heterocycles. The van der Waals surface area contributed by atoms with Crippen LogP contribution in [-0.4, -0.2) is 146 Å². The van der Waals surface area contributed by atoms with Gasteiger partial charge in [0.25, 0.3) is 11.8 Å². The molecule has 3 N–H and O–H groups in total. The second-order valence-corrected chi connectivity index (χ2v) is 40.3. The maximum absolute atomic E-state index is 14.1. The molecule has 18 rings (SSSR count). The summed E-state index contributed by atoms with van der Waals surface area (Å²) in [6.45, 7) is 24.8. The van der Waals surface area contributed by atoms with Crippen LogP contribution < -0.4 is 40.1 Å². The lowest BCUT2D eigenvalue weighted by Crippen LogP contribution is -2.46. The summed E-state index contributed by atoms with van der Waals surface area (Å²) in [5.41, 5.74) is 15.2. The Morgan fingerprint density at radius 2 is 1.01 bits per heavy atom. The summed E-state index contributed by atoms with van der Waals surface area (Å²) in [6.07, 6.45) is 18.4. The SMILES string of the molecule is Cc1c(OC2CCC(CCCC=O)CC2)cccc1-c1ccc(N2CCc3cccc(C(=O)Nc4nc5ccccc5s4)c3C2)nc1C(=O)OC(C)(C)C.Cc1cc2c(C3CCC(=O)NC3=O)nn(C)c2cc1N1CCN(CCCCC2CCC(Oc3cccc(-c4ccc(N5CCc6cccc(C(=O)Nc7nc8ccccc8s7)c6C5)nc4C(=O)OC(C)(C)C)c3C)CC2)CC1. The Hall–Kier alpha value is -12.3. The number of hydrogen-bond acceptors (Lipinski definition) is 22. The highest BCUT2D eigenvalue weighted by Gasteiger charge is 2.36. The number of aromatic nitrogens is 6. The van der Waals surface area contributed by atoms with Gasteiger partial charge in [-0.3, -0.25) is 44.7 Å². The molecular weight excluding hydrogens is 1700 g/mol. The molecule has 5 aromatic heterocycles. The van der Waals surface area contributed by atoms with E-state index in [2.05, 4.69) is 83.6 Å². The molecule has 1 atom stereocenters. The van der Waals surface area contributed by atoms with Gasteiger partial charge in [-0.1, -0.05) is 115 Å². The number of nitrogens with one attached hydrogen (secondary N) is 3. The molecule has 24 nitrogen and oxygen atoms in total. The number of nitrogens with zero attached hydrogens (tertiary/aromatic N) is 10. The number of para-hydroxylation sites is 2. The van der Waals surface area contributed by atoms with E-state index in [-0.39, 0.29) is 47.2 Å². The fraction of sp³-hybridized carbons (Fsp3) is 0.415. The van der Waals surface area contributed by atoms with Crippen LogP contribution in [0.1, 0.15) is 237 Å². The number of anilines is 5. The molecule has 0 bridgehead atoms. The molecule has 7 aromatic carbocycles. The molecule has 1 unspecified atom stereocenters. The van der Waals surface area contributed by atoms with Gasteiger partial charge in [0.1, 0.15) is 40.6 Å². The van der Waals surface area contributed by atoms with E-state index in [0.29, 0.717) is 101 Å². The second-order valence-electron chi connectivity index (χ2n) is 38.2. The van der Waals surface area contributed by atoms with Crippen LogP contribution in [0.15, 0.2) is 158 Å². The van der Waals surface area contributed by atoms with Crippen LogP contribution in [0.2, 0.25) is 0 Å². The van der Waals surface area contributed by atoms with Gasteiger partial charge in [-0.15, -0.1) is 0 Å². The van der Waals surface area contributed by atoms with Crippen molar-refractivity contribution >= 4 is 123 Å². The number of rotatable bonds is 25. The number of carbonyl (C=O) groups is 7. The minimum atomic E-state index is -0.730. The van der Waals surface area contributed by atoms with E-state index in [1.807, 2.05) is 194 Å². The summed E-state index contributed by atoms with van der Waals surface area (Å²) < 4.78 is 29.2. The Morgan fingerprint density at radius 3 is 1.49 bits per heavy atom. The van der Waals surface area contributed by atoms with Crippen LogP contribution in [0.3, 0.4) is 0 Å². The third-order valence-corrected chi connectivity index (χ3v) is 28.6. The third-order valence-electron chi connectivity index (χ3n) is 26.7. The Bertz CT molecular complexity index is 6250. The number of amides is 4. The summed E-state index contributed by atoms with van der Waals surface area (Å²) in [5.74, 6) is 2.01. The molecular formula is C106H119N13O11S2. The van der Waals surface area contributed by atoms with Crippen molar-refractivity contribution in [1.82, 2.24) is 39.9 Å². The molecule has 4 amide bonds. The second kappa shape index (κ2) is 40.0. The van der Waals surface area contributed by atoms with Crippen molar-refractivity contribution in [2.45, 2.75) is 220 Å². The van der Waals surface area contributed by atoms with Crippen molar-refractivity contribution in [3.05, 3.63) is 225 Å². The lowest BCUT2D eigenvalue weighted by Gasteiger charge is -2.37. The van der Waals surface area contributed by atoms with Crippen molar-refractivity contribution in [3.8, 4) is 33.8 Å². The number of piperidine rings is 1. The number of imide groups is 1. The first kappa shape index (κ1) is 91.6. The third kappa shape index (κ3) is 21.3. The van der Waals surface area contributed by atoms with Crippen molar-refractivity contribution in [2.75, 3.05) is 71.1 Å². The number of carbonyl (C=O) groups excluding carboxylic acids is 7. The van der Waals surface area contributed by atoms with E-state index in [1.165, 1.54) is 53.2 Å². The fourth-order valence-electron chi connectivity index (χ4n) is 19.8. The molecule has 2 saturated heterocycles. The van der Waals surface area contributed by atoms with Gasteiger partial charge in [0.15, 0.2) is 21.7 Å². The van der Waals surface area contributed by atoms with E-state index >= 15 is 0 Å². The van der Waals surface area contributed by atoms with Crippen LogP contribution in [0, 0.1) is 32.6 Å². The van der Waals surface area contributed by atoms with Crippen molar-refractivity contribution in [1.29, 1.82) is 0 Å². The van der Waals surface area contributed by atoms with Crippen LogP contribution in [0.5, 0.6) is 11.5 Å². The highest BCUT2D eigenvalue weighted by molar-refractivity contribution is 7.22. The highest BCUT2D eigenvalue weighted by atomic mass is 32.1. The van der Waals surface area contributed by atoms with Gasteiger partial charge in [0.2, 0.25) is 11.8 Å². The zero-order chi connectivity index (χ0) is 92.1. The zero-order valence-corrected chi connectivity index (χ0v) is 79.0. The zero-order valence-electron chi connectivity index (χ0n) is 77.3. The number of unbranched alkanes of at least 4 members (excludes halogenated alkanes) is 2. The van der Waals surface area contributed by atoms with Crippen LogP contribution in [0.4, 0.5) is 27.6 Å². The largest absolute Gasteiger partial charge is 0.490 e. The van der Waals surface area contributed by atoms with E-state index in [1.54, 1.807) is 0 Å². The van der Waals surface area contributed by atoms with Crippen LogP contribution in [0.25, 0.3) is 53.6 Å². The molecule has 2 saturated carbocycles. The van der Waals surface area contributed by atoms with Gasteiger partial charge >= 0.3 is 11.9 Å². The molecule has 12 aromatic rings. The molecule has 0 radical (unpaired) electrons. The van der Waals surface area contributed by atoms with Gasteiger partial charge in [-0.25, -0.2) is 29.5 Å². The Kier molecular flexibility index (Phi) is 27.8. The predicted molar refractivity (Wildman–Crippen MR) is 522 cm³/mol. The minimum absolute atomic E-state index is 0.127. The number of hydrogen-bond donors (Lipinski definition) is 3. The molecule has 132 heavy (non-hydrogen) atoms. The summed E-state index contributed by atoms with van der Waals surface area (Å²) in [4.78, 5) is 119. The van der Waals surface area contributed by atoms with Crippen molar-refractivity contribution in [2.24, 2.45) is 18.9 Å². The Labute approximate surface area is 780 Å². The molecule has 4 aliphatic heterocycles. The lowest BCUT2D eigenvalue weighted by molar-refractivity contribution is -0.134. The molecule has 0 spiro atoms. The first-order valence-electron chi connectivity index (χ1n) is 47.0. The monoisotopic (exact) mass is 1810 g/mol. The number of aldehydes is 1. The van der Waals surface area contributed by atoms with Gasteiger partial charge < -0.3 is 38.4 Å². The molecule has 26 heteroatoms.